The van der Waals surface area contributed by atoms with Crippen LogP contribution in [0.5, 0.6) is 0 Å². The van der Waals surface area contributed by atoms with E-state index in [0.717, 1.165) is 13.8 Å². The molecule has 0 aliphatic carbocycles. The number of ether oxygens (including phenoxy) is 11. The molecule has 6 rings (SSSR count). The van der Waals surface area contributed by atoms with E-state index in [1.54, 1.807) is 0 Å². The zero-order valence-electron chi connectivity index (χ0n) is 41.7. The molecule has 0 spiro atoms. The zero-order chi connectivity index (χ0) is 58.0. The molecular weight excluding hydrogens is 1070 g/mol. The number of hydrogen-bond acceptors (Lipinski definition) is 33. The number of aliphatic hydroxyl groups excluding tert-OH is 18. The molecule has 0 aromatic carbocycles. The van der Waals surface area contributed by atoms with Gasteiger partial charge < -0.3 is 165 Å². The monoisotopic (exact) mass is 1140 g/mol. The lowest BCUT2D eigenvalue weighted by molar-refractivity contribution is -0.414. The van der Waals surface area contributed by atoms with Crippen LogP contribution in [0.4, 0.5) is 0 Å². The summed E-state index contributed by atoms with van der Waals surface area (Å²) in [7, 11) is 0. The van der Waals surface area contributed by atoms with Crippen molar-refractivity contribution < 1.29 is 164 Å². The Kier molecular flexibility index (Phi) is 22.4. The van der Waals surface area contributed by atoms with Crippen molar-refractivity contribution in [1.29, 1.82) is 0 Å². The molecule has 0 aromatic rings. The van der Waals surface area contributed by atoms with Crippen molar-refractivity contribution in [3.8, 4) is 0 Å². The van der Waals surface area contributed by atoms with Crippen LogP contribution in [-0.2, 0) is 66.5 Å². The Labute approximate surface area is 441 Å². The lowest BCUT2D eigenvalue weighted by atomic mass is 9.88. The summed E-state index contributed by atoms with van der Waals surface area (Å²) in [5.74, 6) is -7.54. The van der Waals surface area contributed by atoms with E-state index in [1.807, 2.05) is 0 Å². The second kappa shape index (κ2) is 27.1. The van der Waals surface area contributed by atoms with Gasteiger partial charge in [-0.2, -0.15) is 0 Å². The number of carboxylic acid groups (broad SMARTS) is 1. The minimum Gasteiger partial charge on any atom is -0.544 e. The van der Waals surface area contributed by atoms with Gasteiger partial charge in [0.25, 0.3) is 0 Å². The molecule has 6 saturated heterocycles. The van der Waals surface area contributed by atoms with Crippen molar-refractivity contribution in [2.24, 2.45) is 0 Å². The van der Waals surface area contributed by atoms with Gasteiger partial charge in [-0.3, -0.25) is 9.59 Å². The van der Waals surface area contributed by atoms with Crippen molar-refractivity contribution >= 4 is 17.8 Å². The molecule has 6 fully saturated rings. The van der Waals surface area contributed by atoms with Gasteiger partial charge in [-0.15, -0.1) is 0 Å². The van der Waals surface area contributed by atoms with Gasteiger partial charge in [0.2, 0.25) is 17.6 Å². The molecule has 6 aliphatic heterocycles. The fourth-order valence-electron chi connectivity index (χ4n) is 9.95. The Balaban J connectivity index is 1.37. The summed E-state index contributed by atoms with van der Waals surface area (Å²) in [5.41, 5.74) is 0. The zero-order valence-corrected chi connectivity index (χ0v) is 41.7. The highest BCUT2D eigenvalue weighted by atomic mass is 16.8. The van der Waals surface area contributed by atoms with Gasteiger partial charge in [0.15, 0.2) is 31.5 Å². The Bertz CT molecular complexity index is 1950. The average Bonchev–Trinajstić information content (AvgIpc) is 3.40. The number of carbonyl (C=O) groups is 3. The molecule has 0 aromatic heterocycles. The number of aliphatic carboxylic acids is 1. The summed E-state index contributed by atoms with van der Waals surface area (Å²) in [6, 6.07) is -3.68. The standard InChI is InChI=1S/C43H72N2O33/c1-10-21(55)25(59)28(62)39(68-10)75-34-20(45-12(3)52)38(76-35-23(57)15(6-47)70-40(29(35)63)73-31-17(8-49)69-37(65)27(61)26(31)60)72-18(9-50)32(34)74-41-30(64)36(24(58)16(7-48)71-41)78-43(42(66)67)4-13(53)19(44-11(2)51)33(77-43)22(56)14(54)5-46/h10,13-41,46-50,53-65H,4-9H2,1-3H3,(H,44,51)(H,45,52)(H,66,67)/p-1/t10-,13-,14+,15+,16+,17+,18+,19+,20+,21+,22+,23-,24-,25+,26+,27+,28-,29+,30+,31+,32+,33+,34+,35-,36-,37?,38-,39-,40-,41-,43-/m0/s1. The Morgan fingerprint density at radius 3 is 1.55 bits per heavy atom. The third-order valence-electron chi connectivity index (χ3n) is 14.2. The normalized spacial score (nSPS) is 48.1. The van der Waals surface area contributed by atoms with Crippen molar-refractivity contribution in [3.63, 3.8) is 0 Å². The highest BCUT2D eigenvalue weighted by Crippen LogP contribution is 2.40. The minimum atomic E-state index is -3.36. The number of carboxylic acids is 1. The predicted octanol–water partition coefficient (Wildman–Crippen LogP) is -14.9. The maximum absolute atomic E-state index is 13.1. The van der Waals surface area contributed by atoms with E-state index in [9.17, 15) is 111 Å². The molecule has 0 bridgehead atoms. The fourth-order valence-corrected chi connectivity index (χ4v) is 9.95. The number of amides is 2. The molecule has 0 saturated carbocycles. The molecule has 78 heavy (non-hydrogen) atoms. The molecule has 2 amide bonds. The smallest absolute Gasteiger partial charge is 0.217 e. The summed E-state index contributed by atoms with van der Waals surface area (Å²) < 4.78 is 63.4. The average molecular weight is 1140 g/mol. The summed E-state index contributed by atoms with van der Waals surface area (Å²) in [5, 5.41) is 211. The topological polar surface area (TPSA) is 564 Å². The van der Waals surface area contributed by atoms with Gasteiger partial charge in [0.05, 0.1) is 51.3 Å². The van der Waals surface area contributed by atoms with Gasteiger partial charge >= 0.3 is 0 Å². The van der Waals surface area contributed by atoms with E-state index in [1.165, 1.54) is 6.92 Å². The number of carbonyl (C=O) groups excluding carboxylic acids is 3. The fraction of sp³-hybridized carbons (Fsp3) is 0.930. The summed E-state index contributed by atoms with van der Waals surface area (Å²) in [6.07, 6.45) is -58.6. The molecule has 35 nitrogen and oxygen atoms in total. The van der Waals surface area contributed by atoms with E-state index in [4.69, 9.17) is 52.1 Å². The van der Waals surface area contributed by atoms with Crippen LogP contribution in [0, 0.1) is 0 Å². The molecule has 6 heterocycles. The Hall–Kier alpha value is -2.75. The first-order chi connectivity index (χ1) is 36.7. The summed E-state index contributed by atoms with van der Waals surface area (Å²) >= 11 is 0. The third kappa shape index (κ3) is 13.5. The molecule has 35 heteroatoms. The third-order valence-corrected chi connectivity index (χ3v) is 14.2. The van der Waals surface area contributed by atoms with Gasteiger partial charge in [0.1, 0.15) is 140 Å². The molecule has 6 aliphatic rings. The highest BCUT2D eigenvalue weighted by Gasteiger charge is 2.60. The number of nitrogens with one attached hydrogen (secondary N) is 2. The number of hydrogen-bond donors (Lipinski definition) is 20. The number of aliphatic hydroxyl groups is 18. The lowest BCUT2D eigenvalue weighted by Gasteiger charge is -2.53. The summed E-state index contributed by atoms with van der Waals surface area (Å²) in [6.45, 7) is -2.41. The van der Waals surface area contributed by atoms with Crippen LogP contribution >= 0.6 is 0 Å². The molecule has 452 valence electrons. The van der Waals surface area contributed by atoms with Crippen LogP contribution in [0.15, 0.2) is 0 Å². The van der Waals surface area contributed by atoms with Crippen LogP contribution < -0.4 is 15.7 Å². The van der Waals surface area contributed by atoms with Gasteiger partial charge in [-0.05, 0) is 6.92 Å². The van der Waals surface area contributed by atoms with E-state index in [2.05, 4.69) is 10.6 Å². The van der Waals surface area contributed by atoms with Crippen molar-refractivity contribution in [1.82, 2.24) is 10.6 Å². The van der Waals surface area contributed by atoms with E-state index in [-0.39, 0.29) is 0 Å². The van der Waals surface area contributed by atoms with Crippen LogP contribution in [0.3, 0.4) is 0 Å². The highest BCUT2D eigenvalue weighted by molar-refractivity contribution is 5.75. The first kappa shape index (κ1) is 64.4. The molecule has 20 N–H and O–H groups in total. The van der Waals surface area contributed by atoms with Gasteiger partial charge in [-0.25, -0.2) is 0 Å². The van der Waals surface area contributed by atoms with Crippen LogP contribution in [0.2, 0.25) is 0 Å². The van der Waals surface area contributed by atoms with Crippen LogP contribution in [0.25, 0.3) is 0 Å². The van der Waals surface area contributed by atoms with E-state index < -0.39 is 247 Å². The van der Waals surface area contributed by atoms with Gasteiger partial charge in [0, 0.05) is 20.3 Å². The maximum Gasteiger partial charge on any atom is 0.217 e. The van der Waals surface area contributed by atoms with E-state index >= 15 is 0 Å². The van der Waals surface area contributed by atoms with Crippen molar-refractivity contribution in [2.45, 2.75) is 217 Å². The predicted molar refractivity (Wildman–Crippen MR) is 236 cm³/mol. The maximum atomic E-state index is 13.1. The van der Waals surface area contributed by atoms with Crippen LogP contribution in [-0.4, -0.2) is 332 Å². The Morgan fingerprint density at radius 1 is 0.538 bits per heavy atom. The first-order valence-electron chi connectivity index (χ1n) is 24.6. The lowest BCUT2D eigenvalue weighted by Crippen LogP contribution is -2.73. The van der Waals surface area contributed by atoms with Crippen molar-refractivity contribution in [3.05, 3.63) is 0 Å². The minimum absolute atomic E-state index is 0.856. The SMILES string of the molecule is CC(=O)N[C@H]1[C@H](O[C@H]2[C@@H](O)[C@@H](CO)O[C@@H](O[C@H]3[C@H](O)[C@@H](O)C(O)O[C@@H]3CO)[C@@H]2O)O[C@H](CO)[C@@H](O[C@@H]2O[C@H](CO)[C@H](O)[C@H](O[C@]3(C(=O)[O-])C[C@H](O)[C@@H](NC(C)=O)[C@H]([C@H](O)[C@H](O)CO)O3)[C@H]2O)[C@@H]1O[C@@H]1O[C@@H](C)[C@@H](O)[C@@H](O)[C@@H]1O. The van der Waals surface area contributed by atoms with Crippen LogP contribution in [0.1, 0.15) is 27.2 Å². The molecule has 31 atom stereocenters. The quantitative estimate of drug-likeness (QED) is 0.0538. The van der Waals surface area contributed by atoms with E-state index in [0.29, 0.717) is 0 Å². The van der Waals surface area contributed by atoms with Crippen molar-refractivity contribution in [2.75, 3.05) is 33.0 Å². The largest absolute Gasteiger partial charge is 0.544 e. The molecular formula is C43H71N2O33-. The second-order valence-electron chi connectivity index (χ2n) is 19.6. The molecule has 1 unspecified atom stereocenters. The van der Waals surface area contributed by atoms with Gasteiger partial charge in [-0.1, -0.05) is 0 Å². The summed E-state index contributed by atoms with van der Waals surface area (Å²) in [4.78, 5) is 38.3. The second-order valence-corrected chi connectivity index (χ2v) is 19.6. The Morgan fingerprint density at radius 2 is 1.01 bits per heavy atom. The molecule has 0 radical (unpaired) electrons. The first-order valence-corrected chi connectivity index (χ1v) is 24.6. The number of rotatable bonds is 20.